The van der Waals surface area contributed by atoms with Gasteiger partial charge in [-0.3, -0.25) is 9.08 Å². The summed E-state index contributed by atoms with van der Waals surface area (Å²) in [4.78, 5) is 2.95. The number of pyridine rings is 1. The first-order valence-corrected chi connectivity index (χ1v) is 11.5. The fourth-order valence-electron chi connectivity index (χ4n) is 4.15. The van der Waals surface area contributed by atoms with Crippen molar-refractivity contribution in [1.82, 2.24) is 24.4 Å². The predicted octanol–water partition coefficient (Wildman–Crippen LogP) is 4.41. The molecule has 0 N–H and O–H groups in total. The highest BCUT2D eigenvalue weighted by Gasteiger charge is 2.18. The van der Waals surface area contributed by atoms with Crippen LogP contribution in [-0.4, -0.2) is 50.7 Å². The zero-order chi connectivity index (χ0) is 22.4. The minimum absolute atomic E-state index is 0.193. The molecule has 0 aliphatic carbocycles. The first-order chi connectivity index (χ1) is 16.2. The number of nitrogens with zero attached hydrogens (tertiary/aromatic N) is 6. The molecular weight excluding hydrogens is 439 g/mol. The monoisotopic (exact) mass is 460 g/mol. The van der Waals surface area contributed by atoms with E-state index in [-0.39, 0.29) is 5.82 Å². The average molecular weight is 461 g/mol. The van der Waals surface area contributed by atoms with Crippen LogP contribution < -0.4 is 4.90 Å². The Balaban J connectivity index is 1.36. The molecule has 1 aliphatic heterocycles. The van der Waals surface area contributed by atoms with E-state index in [4.69, 9.17) is 4.74 Å². The lowest BCUT2D eigenvalue weighted by atomic mass is 10.1. The largest absolute Gasteiger partial charge is 0.378 e. The Bertz CT molecular complexity index is 1470. The topological polar surface area (TPSA) is 60.5 Å². The standard InChI is InChI=1S/C24H21FN6OS/c1-29-14-18(13-26-29)17-4-7-22-27-28-24(31(22)15-17)33-19-5-2-16-3-6-21(23(25)20(16)12-19)30-8-10-32-11-9-30/h2-7,12-15H,8-11H2,1H3. The van der Waals surface area contributed by atoms with Gasteiger partial charge in [-0.05, 0) is 47.5 Å². The molecule has 166 valence electrons. The number of anilines is 1. The molecule has 33 heavy (non-hydrogen) atoms. The van der Waals surface area contributed by atoms with E-state index in [2.05, 4.69) is 15.3 Å². The highest BCUT2D eigenvalue weighted by atomic mass is 32.2. The molecule has 0 atom stereocenters. The fraction of sp³-hybridized carbons (Fsp3) is 0.208. The van der Waals surface area contributed by atoms with Crippen molar-refractivity contribution in [3.8, 4) is 11.1 Å². The van der Waals surface area contributed by atoms with Gasteiger partial charge in [0, 0.05) is 53.9 Å². The molecule has 0 unspecified atom stereocenters. The van der Waals surface area contributed by atoms with Gasteiger partial charge in [-0.25, -0.2) is 4.39 Å². The van der Waals surface area contributed by atoms with Crippen LogP contribution in [0, 0.1) is 5.82 Å². The molecule has 7 nitrogen and oxygen atoms in total. The lowest BCUT2D eigenvalue weighted by Crippen LogP contribution is -2.36. The van der Waals surface area contributed by atoms with Gasteiger partial charge in [0.25, 0.3) is 0 Å². The van der Waals surface area contributed by atoms with Crippen LogP contribution in [0.1, 0.15) is 0 Å². The van der Waals surface area contributed by atoms with Crippen molar-refractivity contribution in [3.05, 3.63) is 66.9 Å². The van der Waals surface area contributed by atoms with Gasteiger partial charge in [-0.1, -0.05) is 12.1 Å². The molecule has 0 radical (unpaired) electrons. The third-order valence-corrected chi connectivity index (χ3v) is 6.83. The Hall–Kier alpha value is -3.43. The van der Waals surface area contributed by atoms with Gasteiger partial charge in [0.05, 0.1) is 25.1 Å². The van der Waals surface area contributed by atoms with E-state index in [9.17, 15) is 0 Å². The Kier molecular flexibility index (Phi) is 5.00. The summed E-state index contributed by atoms with van der Waals surface area (Å²) in [6.45, 7) is 2.63. The lowest BCUT2D eigenvalue weighted by molar-refractivity contribution is 0.122. The van der Waals surface area contributed by atoms with Crippen molar-refractivity contribution >= 4 is 33.9 Å². The van der Waals surface area contributed by atoms with Crippen LogP contribution in [0.5, 0.6) is 0 Å². The number of hydrogen-bond donors (Lipinski definition) is 0. The van der Waals surface area contributed by atoms with E-state index in [1.54, 1.807) is 4.68 Å². The molecule has 6 rings (SSSR count). The molecule has 0 saturated carbocycles. The molecule has 5 aromatic rings. The summed E-state index contributed by atoms with van der Waals surface area (Å²) in [5.41, 5.74) is 3.43. The maximum Gasteiger partial charge on any atom is 0.200 e. The summed E-state index contributed by atoms with van der Waals surface area (Å²) in [6, 6.07) is 13.6. The number of aryl methyl sites for hydroxylation is 1. The molecule has 1 aliphatic rings. The SMILES string of the molecule is Cn1cc(-c2ccc3nnc(Sc4ccc5ccc(N6CCOCC6)c(F)c5c4)n3c2)cn1. The number of ether oxygens (including phenoxy) is 1. The molecule has 9 heteroatoms. The Morgan fingerprint density at radius 1 is 0.970 bits per heavy atom. The van der Waals surface area contributed by atoms with E-state index < -0.39 is 0 Å². The van der Waals surface area contributed by atoms with Gasteiger partial charge in [0.1, 0.15) is 0 Å². The van der Waals surface area contributed by atoms with Crippen LogP contribution in [-0.2, 0) is 11.8 Å². The molecule has 3 aromatic heterocycles. The number of fused-ring (bicyclic) bond motifs is 2. The fourth-order valence-corrected chi connectivity index (χ4v) is 5.00. The molecular formula is C24H21FN6OS. The van der Waals surface area contributed by atoms with E-state index in [0.717, 1.165) is 32.2 Å². The molecule has 1 fully saturated rings. The number of benzene rings is 2. The van der Waals surface area contributed by atoms with Gasteiger partial charge >= 0.3 is 0 Å². The van der Waals surface area contributed by atoms with Crippen molar-refractivity contribution in [2.75, 3.05) is 31.2 Å². The van der Waals surface area contributed by atoms with Crippen LogP contribution >= 0.6 is 11.8 Å². The molecule has 1 saturated heterocycles. The Labute approximate surface area is 193 Å². The molecule has 4 heterocycles. The highest BCUT2D eigenvalue weighted by Crippen LogP contribution is 2.34. The molecule has 0 spiro atoms. The third-order valence-electron chi connectivity index (χ3n) is 5.88. The third kappa shape index (κ3) is 3.73. The molecule has 0 bridgehead atoms. The van der Waals surface area contributed by atoms with Crippen LogP contribution in [0.25, 0.3) is 27.5 Å². The minimum atomic E-state index is -0.193. The van der Waals surface area contributed by atoms with Gasteiger partial charge in [0.2, 0.25) is 0 Å². The van der Waals surface area contributed by atoms with Crippen LogP contribution in [0.3, 0.4) is 0 Å². The lowest BCUT2D eigenvalue weighted by Gasteiger charge is -2.29. The minimum Gasteiger partial charge on any atom is -0.378 e. The van der Waals surface area contributed by atoms with Crippen molar-refractivity contribution in [2.24, 2.45) is 7.05 Å². The first kappa shape index (κ1) is 20.2. The summed E-state index contributed by atoms with van der Waals surface area (Å²) >= 11 is 1.47. The maximum absolute atomic E-state index is 15.5. The average Bonchev–Trinajstić information content (AvgIpc) is 3.46. The second-order valence-electron chi connectivity index (χ2n) is 8.01. The van der Waals surface area contributed by atoms with E-state index in [1.165, 1.54) is 11.8 Å². The summed E-state index contributed by atoms with van der Waals surface area (Å²) in [7, 11) is 1.89. The van der Waals surface area contributed by atoms with Crippen molar-refractivity contribution in [1.29, 1.82) is 0 Å². The molecule has 2 aromatic carbocycles. The maximum atomic E-state index is 15.5. The zero-order valence-corrected chi connectivity index (χ0v) is 18.8. The van der Waals surface area contributed by atoms with Crippen molar-refractivity contribution in [3.63, 3.8) is 0 Å². The van der Waals surface area contributed by atoms with Crippen LogP contribution in [0.15, 0.2) is 71.1 Å². The van der Waals surface area contributed by atoms with Crippen LogP contribution in [0.4, 0.5) is 10.1 Å². The molecule has 0 amide bonds. The number of hydrogen-bond acceptors (Lipinski definition) is 6. The van der Waals surface area contributed by atoms with E-state index in [0.29, 0.717) is 37.4 Å². The van der Waals surface area contributed by atoms with Crippen molar-refractivity contribution in [2.45, 2.75) is 10.1 Å². The van der Waals surface area contributed by atoms with E-state index >= 15 is 4.39 Å². The van der Waals surface area contributed by atoms with Gasteiger partial charge in [-0.2, -0.15) is 5.10 Å². The smallest absolute Gasteiger partial charge is 0.200 e. The summed E-state index contributed by atoms with van der Waals surface area (Å²) in [5.74, 6) is -0.193. The highest BCUT2D eigenvalue weighted by molar-refractivity contribution is 7.99. The van der Waals surface area contributed by atoms with Crippen molar-refractivity contribution < 1.29 is 9.13 Å². The second-order valence-corrected chi connectivity index (χ2v) is 9.06. The summed E-state index contributed by atoms with van der Waals surface area (Å²) < 4.78 is 24.6. The number of aromatic nitrogens is 5. The van der Waals surface area contributed by atoms with E-state index in [1.807, 2.05) is 77.4 Å². The Morgan fingerprint density at radius 2 is 1.82 bits per heavy atom. The number of halogens is 1. The number of rotatable bonds is 4. The predicted molar refractivity (Wildman–Crippen MR) is 126 cm³/mol. The van der Waals surface area contributed by atoms with Crippen LogP contribution in [0.2, 0.25) is 0 Å². The first-order valence-electron chi connectivity index (χ1n) is 10.7. The number of morpholine rings is 1. The normalized spacial score (nSPS) is 14.4. The van der Waals surface area contributed by atoms with Gasteiger partial charge < -0.3 is 9.64 Å². The summed E-state index contributed by atoms with van der Waals surface area (Å²) in [6.07, 6.45) is 5.81. The zero-order valence-electron chi connectivity index (χ0n) is 18.0. The quantitative estimate of drug-likeness (QED) is 0.396. The second kappa shape index (κ2) is 8.17. The Morgan fingerprint density at radius 3 is 2.64 bits per heavy atom. The summed E-state index contributed by atoms with van der Waals surface area (Å²) in [5, 5.41) is 15.1. The van der Waals surface area contributed by atoms with Gasteiger partial charge in [0.15, 0.2) is 16.6 Å². The van der Waals surface area contributed by atoms with Gasteiger partial charge in [-0.15, -0.1) is 10.2 Å².